The molecular formula is C13H11ClN3OS+. The number of aliphatic imine (C=N–C) groups is 1. The Morgan fingerprint density at radius 1 is 1.42 bits per heavy atom. The van der Waals surface area contributed by atoms with E-state index in [9.17, 15) is 4.79 Å². The molecule has 2 aromatic rings. The van der Waals surface area contributed by atoms with Crippen LogP contribution >= 0.6 is 22.9 Å². The monoisotopic (exact) mass is 292 g/mol. The number of nitrogens with one attached hydrogen (secondary N) is 1. The van der Waals surface area contributed by atoms with Crippen molar-refractivity contribution in [3.05, 3.63) is 45.9 Å². The number of amidine groups is 1. The zero-order valence-electron chi connectivity index (χ0n) is 10.2. The average molecular weight is 293 g/mol. The van der Waals surface area contributed by atoms with Gasteiger partial charge < -0.3 is 0 Å². The highest BCUT2D eigenvalue weighted by Crippen LogP contribution is 2.28. The molecule has 0 atom stereocenters. The molecule has 0 aliphatic carbocycles. The van der Waals surface area contributed by atoms with Crippen LogP contribution in [0.2, 0.25) is 5.02 Å². The highest BCUT2D eigenvalue weighted by molar-refractivity contribution is 7.12. The molecule has 1 amide bonds. The van der Waals surface area contributed by atoms with Crippen molar-refractivity contribution in [1.82, 2.24) is 4.90 Å². The minimum atomic E-state index is -0.0460. The molecule has 6 heteroatoms. The smallest absolute Gasteiger partial charge is 0.271 e. The Hall–Kier alpha value is -1.72. The number of carbonyl (C=O) groups is 1. The van der Waals surface area contributed by atoms with E-state index in [-0.39, 0.29) is 5.91 Å². The molecule has 0 bridgehead atoms. The number of amides is 1. The van der Waals surface area contributed by atoms with Gasteiger partial charge in [-0.05, 0) is 30.1 Å². The topological polar surface area (TPSA) is 46.8 Å². The van der Waals surface area contributed by atoms with E-state index in [4.69, 9.17) is 11.6 Å². The van der Waals surface area contributed by atoms with Crippen LogP contribution in [0.25, 0.3) is 0 Å². The van der Waals surface area contributed by atoms with Gasteiger partial charge in [0.1, 0.15) is 0 Å². The minimum absolute atomic E-state index is 0.0460. The molecular weight excluding hydrogens is 282 g/mol. The molecule has 1 aliphatic heterocycles. The molecule has 0 spiro atoms. The van der Waals surface area contributed by atoms with E-state index in [2.05, 4.69) is 9.98 Å². The zero-order chi connectivity index (χ0) is 13.4. The second-order valence-electron chi connectivity index (χ2n) is 4.04. The predicted molar refractivity (Wildman–Crippen MR) is 75.2 cm³/mol. The van der Waals surface area contributed by atoms with Crippen LogP contribution in [0, 0.1) is 0 Å². The minimum Gasteiger partial charge on any atom is -0.271 e. The summed E-state index contributed by atoms with van der Waals surface area (Å²) >= 11 is 7.45. The van der Waals surface area contributed by atoms with Gasteiger partial charge in [-0.2, -0.15) is 0 Å². The molecule has 1 aliphatic rings. The number of aromatic nitrogens is 1. The van der Waals surface area contributed by atoms with E-state index >= 15 is 0 Å². The number of H-pyrrole nitrogens is 1. The first kappa shape index (κ1) is 12.3. The molecule has 4 nitrogen and oxygen atoms in total. The number of benzene rings is 1. The van der Waals surface area contributed by atoms with Gasteiger partial charge in [0.15, 0.2) is 0 Å². The predicted octanol–water partition coefficient (Wildman–Crippen LogP) is 2.77. The first-order valence-electron chi connectivity index (χ1n) is 5.86. The SMILES string of the molecule is CCN1C(=O)c2cc(Cl)ccc2C1=Nc1[nH+]ccs1. The number of hydrogen-bond donors (Lipinski definition) is 0. The highest BCUT2D eigenvalue weighted by atomic mass is 35.5. The number of fused-ring (bicyclic) bond motifs is 1. The van der Waals surface area contributed by atoms with Gasteiger partial charge in [0.25, 0.3) is 11.7 Å². The number of thiazole rings is 1. The van der Waals surface area contributed by atoms with Crippen molar-refractivity contribution in [3.63, 3.8) is 0 Å². The van der Waals surface area contributed by atoms with Crippen molar-refractivity contribution in [1.29, 1.82) is 0 Å². The lowest BCUT2D eigenvalue weighted by molar-refractivity contribution is -0.356. The fourth-order valence-corrected chi connectivity index (χ4v) is 2.79. The fraction of sp³-hybridized carbons (Fsp3) is 0.154. The molecule has 1 N–H and O–H groups in total. The summed E-state index contributed by atoms with van der Waals surface area (Å²) in [6.07, 6.45) is 1.82. The standard InChI is InChI=1S/C13H10ClN3OS/c1-2-17-11(16-13-15-5-6-19-13)9-4-3-8(14)7-10(9)12(17)18/h3-7H,2H2,1H3/p+1. The Labute approximate surface area is 119 Å². The number of hydrogen-bond acceptors (Lipinski definition) is 3. The van der Waals surface area contributed by atoms with E-state index in [1.807, 2.05) is 24.6 Å². The molecule has 3 rings (SSSR count). The van der Waals surface area contributed by atoms with Crippen LogP contribution in [-0.4, -0.2) is 23.2 Å². The van der Waals surface area contributed by atoms with Crippen molar-refractivity contribution in [2.45, 2.75) is 6.92 Å². The average Bonchev–Trinajstić information content (AvgIpc) is 2.99. The van der Waals surface area contributed by atoms with Crippen molar-refractivity contribution >= 4 is 39.8 Å². The van der Waals surface area contributed by atoms with Crippen LogP contribution in [0.15, 0.2) is 34.8 Å². The fourth-order valence-electron chi connectivity index (χ4n) is 2.08. The summed E-state index contributed by atoms with van der Waals surface area (Å²) in [7, 11) is 0. The lowest BCUT2D eigenvalue weighted by Crippen LogP contribution is -2.30. The van der Waals surface area contributed by atoms with Crippen LogP contribution in [0.3, 0.4) is 0 Å². The summed E-state index contributed by atoms with van der Waals surface area (Å²) in [5.74, 6) is 0.633. The quantitative estimate of drug-likeness (QED) is 0.839. The Morgan fingerprint density at radius 2 is 2.26 bits per heavy atom. The van der Waals surface area contributed by atoms with E-state index in [1.54, 1.807) is 17.0 Å². The summed E-state index contributed by atoms with van der Waals surface area (Å²) in [4.78, 5) is 21.5. The molecule has 0 saturated heterocycles. The lowest BCUT2D eigenvalue weighted by Gasteiger charge is -2.09. The lowest BCUT2D eigenvalue weighted by atomic mass is 10.1. The number of halogens is 1. The summed E-state index contributed by atoms with van der Waals surface area (Å²) in [5, 5.41) is 3.24. The van der Waals surface area contributed by atoms with Crippen LogP contribution < -0.4 is 4.98 Å². The van der Waals surface area contributed by atoms with Crippen LogP contribution in [-0.2, 0) is 0 Å². The molecule has 1 aromatic heterocycles. The van der Waals surface area contributed by atoms with Gasteiger partial charge in [0, 0.05) is 16.9 Å². The van der Waals surface area contributed by atoms with Gasteiger partial charge in [-0.3, -0.25) is 9.69 Å². The molecule has 0 fully saturated rings. The summed E-state index contributed by atoms with van der Waals surface area (Å²) in [5.41, 5.74) is 1.45. The van der Waals surface area contributed by atoms with Crippen LogP contribution in [0.1, 0.15) is 22.8 Å². The third-order valence-corrected chi connectivity index (χ3v) is 3.87. The molecule has 0 radical (unpaired) electrons. The van der Waals surface area contributed by atoms with Gasteiger partial charge in [-0.1, -0.05) is 22.9 Å². The second-order valence-corrected chi connectivity index (χ2v) is 5.38. The van der Waals surface area contributed by atoms with Crippen molar-refractivity contribution < 1.29 is 9.78 Å². The molecule has 0 saturated carbocycles. The van der Waals surface area contributed by atoms with Gasteiger partial charge in [0.2, 0.25) is 0 Å². The summed E-state index contributed by atoms with van der Waals surface area (Å²) < 4.78 is 0. The number of aromatic amines is 1. The summed E-state index contributed by atoms with van der Waals surface area (Å²) in [6, 6.07) is 5.32. The maximum absolute atomic E-state index is 12.3. The number of rotatable bonds is 2. The van der Waals surface area contributed by atoms with Crippen LogP contribution in [0.5, 0.6) is 0 Å². The third kappa shape index (κ3) is 2.05. The largest absolute Gasteiger partial charge is 0.382 e. The first-order chi connectivity index (χ1) is 9.20. The molecule has 19 heavy (non-hydrogen) atoms. The van der Waals surface area contributed by atoms with Crippen LogP contribution in [0.4, 0.5) is 5.13 Å². The van der Waals surface area contributed by atoms with Gasteiger partial charge in [0.05, 0.1) is 17.3 Å². The Morgan fingerprint density at radius 3 is 2.95 bits per heavy atom. The van der Waals surface area contributed by atoms with Crippen molar-refractivity contribution in [2.24, 2.45) is 4.99 Å². The Balaban J connectivity index is 2.16. The highest BCUT2D eigenvalue weighted by Gasteiger charge is 2.36. The van der Waals surface area contributed by atoms with Crippen molar-refractivity contribution in [2.75, 3.05) is 6.54 Å². The normalized spacial score (nSPS) is 16.2. The Bertz CT molecular complexity index is 667. The van der Waals surface area contributed by atoms with E-state index in [0.717, 1.165) is 10.7 Å². The molecule has 2 heterocycles. The third-order valence-electron chi connectivity index (χ3n) is 2.93. The molecule has 0 unspecified atom stereocenters. The zero-order valence-corrected chi connectivity index (χ0v) is 11.8. The van der Waals surface area contributed by atoms with E-state index in [1.165, 1.54) is 11.3 Å². The summed E-state index contributed by atoms with van der Waals surface area (Å²) in [6.45, 7) is 2.51. The second kappa shape index (κ2) is 4.75. The van der Waals surface area contributed by atoms with Gasteiger partial charge >= 0.3 is 5.13 Å². The van der Waals surface area contributed by atoms with Gasteiger partial charge in [-0.15, -0.1) is 0 Å². The van der Waals surface area contributed by atoms with E-state index in [0.29, 0.717) is 23.0 Å². The first-order valence-corrected chi connectivity index (χ1v) is 7.12. The number of carbonyl (C=O) groups excluding carboxylic acids is 1. The molecule has 1 aromatic carbocycles. The maximum Gasteiger partial charge on any atom is 0.382 e. The maximum atomic E-state index is 12.3. The Kier molecular flexibility index (Phi) is 3.08. The van der Waals surface area contributed by atoms with E-state index < -0.39 is 0 Å². The van der Waals surface area contributed by atoms with Gasteiger partial charge in [-0.25, -0.2) is 4.98 Å². The number of nitrogens with zero attached hydrogens (tertiary/aromatic N) is 2. The van der Waals surface area contributed by atoms with Crippen molar-refractivity contribution in [3.8, 4) is 0 Å². The molecule has 96 valence electrons.